The van der Waals surface area contributed by atoms with Crippen molar-refractivity contribution in [2.24, 2.45) is 5.41 Å². The summed E-state index contributed by atoms with van der Waals surface area (Å²) in [5.41, 5.74) is 0.420. The molecule has 2 rings (SSSR count). The highest BCUT2D eigenvalue weighted by atomic mass is 127. The van der Waals surface area contributed by atoms with Crippen molar-refractivity contribution in [3.63, 3.8) is 0 Å². The van der Waals surface area contributed by atoms with Gasteiger partial charge in [-0.3, -0.25) is 9.59 Å². The fourth-order valence-electron chi connectivity index (χ4n) is 2.97. The lowest BCUT2D eigenvalue weighted by Crippen LogP contribution is -2.27. The number of amides is 1. The second-order valence-corrected chi connectivity index (χ2v) is 6.76. The number of hydrogen-bond acceptors (Lipinski definition) is 2. The van der Waals surface area contributed by atoms with E-state index < -0.39 is 5.97 Å². The van der Waals surface area contributed by atoms with Crippen LogP contribution in [0.5, 0.6) is 0 Å². The van der Waals surface area contributed by atoms with Crippen molar-refractivity contribution in [2.75, 3.05) is 5.32 Å². The van der Waals surface area contributed by atoms with Gasteiger partial charge in [-0.2, -0.15) is 0 Å². The van der Waals surface area contributed by atoms with Crippen LogP contribution < -0.4 is 5.32 Å². The number of hydrogen-bond donors (Lipinski definition) is 2. The van der Waals surface area contributed by atoms with E-state index in [9.17, 15) is 9.59 Å². The zero-order valence-electron chi connectivity index (χ0n) is 11.2. The lowest BCUT2D eigenvalue weighted by Gasteiger charge is -2.26. The van der Waals surface area contributed by atoms with E-state index in [2.05, 4.69) is 27.9 Å². The second kappa shape index (κ2) is 6.56. The van der Waals surface area contributed by atoms with E-state index in [1.54, 1.807) is 0 Å². The van der Waals surface area contributed by atoms with E-state index in [1.165, 1.54) is 0 Å². The predicted molar refractivity (Wildman–Crippen MR) is 85.6 cm³/mol. The number of aliphatic carboxylic acids is 1. The summed E-state index contributed by atoms with van der Waals surface area (Å²) < 4.78 is 1.06. The molecule has 108 valence electrons. The van der Waals surface area contributed by atoms with E-state index in [4.69, 9.17) is 5.11 Å². The molecule has 0 aromatic heterocycles. The molecular weight excluding hydrogens is 369 g/mol. The zero-order chi connectivity index (χ0) is 14.6. The van der Waals surface area contributed by atoms with Gasteiger partial charge in [-0.05, 0) is 59.0 Å². The van der Waals surface area contributed by atoms with Gasteiger partial charge >= 0.3 is 5.97 Å². The van der Waals surface area contributed by atoms with Gasteiger partial charge in [0.2, 0.25) is 5.91 Å². The minimum absolute atomic E-state index is 0.0878. The van der Waals surface area contributed by atoms with Gasteiger partial charge in [-0.15, -0.1) is 0 Å². The molecule has 0 spiro atoms. The molecule has 0 saturated heterocycles. The molecule has 4 nitrogen and oxygen atoms in total. The number of anilines is 1. The number of rotatable bonds is 5. The Morgan fingerprint density at radius 2 is 1.95 bits per heavy atom. The highest BCUT2D eigenvalue weighted by Gasteiger charge is 2.37. The van der Waals surface area contributed by atoms with Gasteiger partial charge < -0.3 is 10.4 Å². The molecule has 0 aliphatic heterocycles. The molecule has 1 fully saturated rings. The minimum Gasteiger partial charge on any atom is -0.481 e. The lowest BCUT2D eigenvalue weighted by atomic mass is 9.79. The standard InChI is InChI=1S/C15H18INO3/c16-11-4-3-5-12(8-11)17-13(18)9-15(10-14(19)20)6-1-2-7-15/h3-5,8H,1-2,6-7,9-10H2,(H,17,18)(H,19,20). The molecule has 0 bridgehead atoms. The number of carboxylic acids is 1. The number of halogens is 1. The Morgan fingerprint density at radius 1 is 1.25 bits per heavy atom. The van der Waals surface area contributed by atoms with Crippen LogP contribution in [-0.4, -0.2) is 17.0 Å². The first-order valence-corrected chi connectivity index (χ1v) is 7.84. The molecule has 0 atom stereocenters. The molecule has 1 aromatic rings. The molecule has 1 aromatic carbocycles. The molecule has 1 aliphatic rings. The lowest BCUT2D eigenvalue weighted by molar-refractivity contribution is -0.140. The molecule has 20 heavy (non-hydrogen) atoms. The van der Waals surface area contributed by atoms with Crippen molar-refractivity contribution in [1.82, 2.24) is 0 Å². The average molecular weight is 387 g/mol. The Labute approximate surface area is 132 Å². The third kappa shape index (κ3) is 4.19. The quantitative estimate of drug-likeness (QED) is 0.758. The molecule has 1 aliphatic carbocycles. The maximum atomic E-state index is 12.2. The first-order chi connectivity index (χ1) is 9.49. The fourth-order valence-corrected chi connectivity index (χ4v) is 3.52. The maximum Gasteiger partial charge on any atom is 0.303 e. The Hall–Kier alpha value is -1.11. The summed E-state index contributed by atoms with van der Waals surface area (Å²) in [5.74, 6) is -0.899. The molecule has 1 amide bonds. The van der Waals surface area contributed by atoms with Crippen LogP contribution in [0, 0.1) is 8.99 Å². The Morgan fingerprint density at radius 3 is 2.55 bits per heavy atom. The highest BCUT2D eigenvalue weighted by molar-refractivity contribution is 14.1. The van der Waals surface area contributed by atoms with Crippen molar-refractivity contribution < 1.29 is 14.7 Å². The number of benzene rings is 1. The summed E-state index contributed by atoms with van der Waals surface area (Å²) in [7, 11) is 0. The summed E-state index contributed by atoms with van der Waals surface area (Å²) >= 11 is 2.19. The Kier molecular flexibility index (Phi) is 5.01. The van der Waals surface area contributed by atoms with E-state index in [0.29, 0.717) is 6.42 Å². The van der Waals surface area contributed by atoms with Gasteiger partial charge in [0.25, 0.3) is 0 Å². The Bertz CT molecular complexity index is 510. The predicted octanol–water partition coefficient (Wildman–Crippen LogP) is 3.65. The van der Waals surface area contributed by atoms with Crippen LogP contribution in [0.2, 0.25) is 0 Å². The van der Waals surface area contributed by atoms with Crippen LogP contribution in [-0.2, 0) is 9.59 Å². The van der Waals surface area contributed by atoms with Crippen LogP contribution in [0.1, 0.15) is 38.5 Å². The largest absolute Gasteiger partial charge is 0.481 e. The molecule has 5 heteroatoms. The number of carbonyl (C=O) groups excluding carboxylic acids is 1. The van der Waals surface area contributed by atoms with E-state index in [-0.39, 0.29) is 17.7 Å². The second-order valence-electron chi connectivity index (χ2n) is 5.51. The summed E-state index contributed by atoms with van der Waals surface area (Å²) in [6.07, 6.45) is 4.09. The molecule has 1 saturated carbocycles. The third-order valence-electron chi connectivity index (χ3n) is 3.83. The minimum atomic E-state index is -0.811. The highest BCUT2D eigenvalue weighted by Crippen LogP contribution is 2.44. The Balaban J connectivity index is 2.00. The molecule has 2 N–H and O–H groups in total. The molecule has 0 unspecified atom stereocenters. The van der Waals surface area contributed by atoms with E-state index in [1.807, 2.05) is 24.3 Å². The van der Waals surface area contributed by atoms with E-state index in [0.717, 1.165) is 34.9 Å². The van der Waals surface area contributed by atoms with Gasteiger partial charge in [-0.1, -0.05) is 18.9 Å². The van der Waals surface area contributed by atoms with E-state index >= 15 is 0 Å². The molecule has 0 heterocycles. The molecule has 0 radical (unpaired) electrons. The van der Waals surface area contributed by atoms with Gasteiger partial charge in [0.1, 0.15) is 0 Å². The number of nitrogens with one attached hydrogen (secondary N) is 1. The van der Waals surface area contributed by atoms with Crippen LogP contribution in [0.4, 0.5) is 5.69 Å². The fraction of sp³-hybridized carbons (Fsp3) is 0.467. The van der Waals surface area contributed by atoms with Crippen LogP contribution in [0.25, 0.3) is 0 Å². The van der Waals surface area contributed by atoms with Gasteiger partial charge in [0.15, 0.2) is 0 Å². The number of carbonyl (C=O) groups is 2. The van der Waals surface area contributed by atoms with Gasteiger partial charge in [-0.25, -0.2) is 0 Å². The smallest absolute Gasteiger partial charge is 0.303 e. The average Bonchev–Trinajstić information content (AvgIpc) is 2.75. The van der Waals surface area contributed by atoms with Crippen molar-refractivity contribution in [3.05, 3.63) is 27.8 Å². The van der Waals surface area contributed by atoms with Crippen LogP contribution in [0.3, 0.4) is 0 Å². The van der Waals surface area contributed by atoms with Crippen molar-refractivity contribution in [3.8, 4) is 0 Å². The summed E-state index contributed by atoms with van der Waals surface area (Å²) in [6.45, 7) is 0. The molecular formula is C15H18INO3. The van der Waals surface area contributed by atoms with Crippen LogP contribution in [0.15, 0.2) is 24.3 Å². The maximum absolute atomic E-state index is 12.2. The first kappa shape index (κ1) is 15.3. The summed E-state index contributed by atoms with van der Waals surface area (Å²) in [5, 5.41) is 11.9. The normalized spacial score (nSPS) is 16.9. The zero-order valence-corrected chi connectivity index (χ0v) is 13.4. The topological polar surface area (TPSA) is 66.4 Å². The van der Waals surface area contributed by atoms with Gasteiger partial charge in [0.05, 0.1) is 6.42 Å². The summed E-state index contributed by atoms with van der Waals surface area (Å²) in [4.78, 5) is 23.2. The van der Waals surface area contributed by atoms with Gasteiger partial charge in [0, 0.05) is 15.7 Å². The third-order valence-corrected chi connectivity index (χ3v) is 4.51. The van der Waals surface area contributed by atoms with Crippen LogP contribution >= 0.6 is 22.6 Å². The first-order valence-electron chi connectivity index (χ1n) is 6.76. The van der Waals surface area contributed by atoms with Crippen molar-refractivity contribution in [1.29, 1.82) is 0 Å². The number of carboxylic acid groups (broad SMARTS) is 1. The van der Waals surface area contributed by atoms with Crippen molar-refractivity contribution in [2.45, 2.75) is 38.5 Å². The SMILES string of the molecule is O=C(O)CC1(CC(=O)Nc2cccc(I)c2)CCCC1. The monoisotopic (exact) mass is 387 g/mol. The van der Waals surface area contributed by atoms with Crippen molar-refractivity contribution >= 4 is 40.2 Å². The summed E-state index contributed by atoms with van der Waals surface area (Å²) in [6, 6.07) is 7.59.